The molecule has 0 spiro atoms. The summed E-state index contributed by atoms with van der Waals surface area (Å²) in [5.41, 5.74) is 6.98. The smallest absolute Gasteiger partial charge is 0.130 e. The van der Waals surface area contributed by atoms with Crippen LogP contribution in [-0.4, -0.2) is 14.2 Å². The second-order valence-electron chi connectivity index (χ2n) is 10.9. The van der Waals surface area contributed by atoms with E-state index in [0.29, 0.717) is 0 Å². The van der Waals surface area contributed by atoms with Gasteiger partial charge in [0.2, 0.25) is 0 Å². The molecule has 6 aromatic carbocycles. The van der Waals surface area contributed by atoms with Gasteiger partial charge in [-0.1, -0.05) is 48.5 Å². The fourth-order valence-corrected chi connectivity index (χ4v) is 8.38. The van der Waals surface area contributed by atoms with E-state index in [2.05, 4.69) is 108 Å². The lowest BCUT2D eigenvalue weighted by molar-refractivity contribution is 0.414. The SMILES string of the molecule is COc1c(-c2ccsc2)cc2ccc3c4ccccc4c4ccc5cc(-c6ccsc6)c(OC)c(C)c5c4c3c2c1C. The minimum Gasteiger partial charge on any atom is -0.496 e. The Bertz CT molecular complexity index is 2160. The summed E-state index contributed by atoms with van der Waals surface area (Å²) in [4.78, 5) is 0. The zero-order valence-electron chi connectivity index (χ0n) is 23.9. The maximum absolute atomic E-state index is 6.15. The van der Waals surface area contributed by atoms with E-state index in [1.54, 1.807) is 36.9 Å². The Balaban J connectivity index is 1.65. The Kier molecular flexibility index (Phi) is 5.78. The molecule has 8 rings (SSSR count). The van der Waals surface area contributed by atoms with Gasteiger partial charge in [0.25, 0.3) is 0 Å². The number of hydrogen-bond donors (Lipinski definition) is 0. The van der Waals surface area contributed by atoms with Crippen molar-refractivity contribution in [1.29, 1.82) is 0 Å². The molecule has 0 unspecified atom stereocenters. The van der Waals surface area contributed by atoms with Crippen LogP contribution >= 0.6 is 22.7 Å². The first-order valence-corrected chi connectivity index (χ1v) is 15.9. The van der Waals surface area contributed by atoms with Crippen molar-refractivity contribution >= 4 is 76.5 Å². The van der Waals surface area contributed by atoms with Crippen LogP contribution in [0.1, 0.15) is 11.1 Å². The fraction of sp³-hybridized carbons (Fsp3) is 0.105. The quantitative estimate of drug-likeness (QED) is 0.193. The van der Waals surface area contributed by atoms with E-state index in [1.807, 2.05) is 0 Å². The Morgan fingerprint density at radius 2 is 0.952 bits per heavy atom. The van der Waals surface area contributed by atoms with Gasteiger partial charge in [-0.2, -0.15) is 22.7 Å². The van der Waals surface area contributed by atoms with Gasteiger partial charge in [-0.3, -0.25) is 0 Å². The number of thiophene rings is 2. The number of aryl methyl sites for hydroxylation is 2. The monoisotopic (exact) mass is 580 g/mol. The summed E-state index contributed by atoms with van der Waals surface area (Å²) in [6.07, 6.45) is 0. The maximum Gasteiger partial charge on any atom is 0.130 e. The van der Waals surface area contributed by atoms with Crippen LogP contribution in [0.25, 0.3) is 76.1 Å². The Morgan fingerprint density at radius 3 is 1.33 bits per heavy atom. The Hall–Kier alpha value is -4.38. The molecule has 0 radical (unpaired) electrons. The average molecular weight is 581 g/mol. The molecule has 0 saturated carbocycles. The van der Waals surface area contributed by atoms with Crippen molar-refractivity contribution in [2.45, 2.75) is 13.8 Å². The summed E-state index contributed by atoms with van der Waals surface area (Å²) < 4.78 is 12.3. The first-order chi connectivity index (χ1) is 20.6. The lowest BCUT2D eigenvalue weighted by atomic mass is 9.84. The number of hydrogen-bond acceptors (Lipinski definition) is 4. The second kappa shape index (κ2) is 9.59. The van der Waals surface area contributed by atoms with Crippen molar-refractivity contribution in [2.75, 3.05) is 14.2 Å². The fourth-order valence-electron chi connectivity index (χ4n) is 7.07. The minimum atomic E-state index is 0.934. The third-order valence-corrected chi connectivity index (χ3v) is 10.2. The molecule has 42 heavy (non-hydrogen) atoms. The zero-order chi connectivity index (χ0) is 28.5. The van der Waals surface area contributed by atoms with Crippen molar-refractivity contribution in [3.05, 3.63) is 105 Å². The molecule has 0 saturated heterocycles. The molecule has 0 bridgehead atoms. The van der Waals surface area contributed by atoms with Gasteiger partial charge in [0.05, 0.1) is 14.2 Å². The number of methoxy groups -OCH3 is 2. The molecule has 0 atom stereocenters. The van der Waals surface area contributed by atoms with Crippen molar-refractivity contribution < 1.29 is 9.47 Å². The van der Waals surface area contributed by atoms with Crippen LogP contribution in [-0.2, 0) is 0 Å². The van der Waals surface area contributed by atoms with Crippen molar-refractivity contribution in [1.82, 2.24) is 0 Å². The highest BCUT2D eigenvalue weighted by molar-refractivity contribution is 7.08. The van der Waals surface area contributed by atoms with Gasteiger partial charge in [0, 0.05) is 22.3 Å². The van der Waals surface area contributed by atoms with E-state index in [1.165, 1.54) is 65.0 Å². The Labute approximate surface area is 252 Å². The molecule has 0 aliphatic heterocycles. The van der Waals surface area contributed by atoms with Gasteiger partial charge in [-0.15, -0.1) is 0 Å². The van der Waals surface area contributed by atoms with E-state index >= 15 is 0 Å². The molecular formula is C38H28O2S2. The van der Waals surface area contributed by atoms with E-state index in [0.717, 1.165) is 33.8 Å². The van der Waals surface area contributed by atoms with Crippen molar-refractivity contribution in [2.24, 2.45) is 0 Å². The summed E-state index contributed by atoms with van der Waals surface area (Å²) in [6, 6.07) is 26.9. The molecule has 204 valence electrons. The van der Waals surface area contributed by atoms with Crippen LogP contribution in [0.15, 0.2) is 94.3 Å². The highest BCUT2D eigenvalue weighted by Gasteiger charge is 2.22. The third-order valence-electron chi connectivity index (χ3n) is 8.83. The standard InChI is InChI=1S/C38H28O2S2/c1-21-33-23(17-31(37(21)39-3)25-13-15-41-19-25)9-11-29-27-7-5-6-8-28(27)30-12-10-24-18-32(26-14-16-42-20-26)38(40-4)22(2)34(24)36(30)35(29)33/h5-20H,1-4H3. The highest BCUT2D eigenvalue weighted by atomic mass is 32.1. The molecule has 2 aromatic heterocycles. The first kappa shape index (κ1) is 25.3. The lowest BCUT2D eigenvalue weighted by Crippen LogP contribution is -1.96. The topological polar surface area (TPSA) is 18.5 Å². The second-order valence-corrected chi connectivity index (χ2v) is 12.5. The summed E-state index contributed by atoms with van der Waals surface area (Å²) in [7, 11) is 3.58. The van der Waals surface area contributed by atoms with Crippen LogP contribution in [0.3, 0.4) is 0 Å². The molecule has 0 aliphatic carbocycles. The molecule has 0 amide bonds. The first-order valence-electron chi connectivity index (χ1n) is 14.0. The van der Waals surface area contributed by atoms with Gasteiger partial charge < -0.3 is 9.47 Å². The predicted molar refractivity (Wildman–Crippen MR) is 183 cm³/mol. The third kappa shape index (κ3) is 3.49. The van der Waals surface area contributed by atoms with Gasteiger partial charge >= 0.3 is 0 Å². The van der Waals surface area contributed by atoms with Crippen LogP contribution < -0.4 is 9.47 Å². The zero-order valence-corrected chi connectivity index (χ0v) is 25.5. The van der Waals surface area contributed by atoms with Gasteiger partial charge in [0.15, 0.2) is 0 Å². The van der Waals surface area contributed by atoms with Crippen molar-refractivity contribution in [3.8, 4) is 33.8 Å². The highest BCUT2D eigenvalue weighted by Crippen LogP contribution is 2.49. The molecule has 2 nitrogen and oxygen atoms in total. The molecule has 0 N–H and O–H groups in total. The lowest BCUT2D eigenvalue weighted by Gasteiger charge is -2.21. The number of fused-ring (bicyclic) bond motifs is 10. The van der Waals surface area contributed by atoms with E-state index in [9.17, 15) is 0 Å². The summed E-state index contributed by atoms with van der Waals surface area (Å²) >= 11 is 3.42. The molecule has 4 heteroatoms. The Morgan fingerprint density at radius 1 is 0.500 bits per heavy atom. The van der Waals surface area contributed by atoms with Crippen LogP contribution in [0.5, 0.6) is 11.5 Å². The average Bonchev–Trinajstić information content (AvgIpc) is 3.76. The summed E-state index contributed by atoms with van der Waals surface area (Å²) in [6.45, 7) is 4.43. The molecular weight excluding hydrogens is 553 g/mol. The normalized spacial score (nSPS) is 11.8. The van der Waals surface area contributed by atoms with Gasteiger partial charge in [0.1, 0.15) is 11.5 Å². The predicted octanol–water partition coefficient (Wildman–Crippen LogP) is 11.5. The maximum atomic E-state index is 6.15. The van der Waals surface area contributed by atoms with Crippen LogP contribution in [0, 0.1) is 13.8 Å². The molecule has 0 aliphatic rings. The summed E-state index contributed by atoms with van der Waals surface area (Å²) in [5, 5.41) is 21.1. The van der Waals surface area contributed by atoms with Gasteiger partial charge in [-0.25, -0.2) is 0 Å². The van der Waals surface area contributed by atoms with E-state index in [-0.39, 0.29) is 0 Å². The van der Waals surface area contributed by atoms with Crippen molar-refractivity contribution in [3.63, 3.8) is 0 Å². The minimum absolute atomic E-state index is 0.934. The molecule has 2 heterocycles. The van der Waals surface area contributed by atoms with E-state index in [4.69, 9.17) is 9.47 Å². The van der Waals surface area contributed by atoms with Crippen LogP contribution in [0.4, 0.5) is 0 Å². The number of ether oxygens (including phenoxy) is 2. The molecule has 0 fully saturated rings. The summed E-state index contributed by atoms with van der Waals surface area (Å²) in [5.74, 6) is 1.87. The number of rotatable bonds is 4. The number of benzene rings is 6. The van der Waals surface area contributed by atoms with Crippen LogP contribution in [0.2, 0.25) is 0 Å². The van der Waals surface area contributed by atoms with E-state index < -0.39 is 0 Å². The van der Waals surface area contributed by atoms with Gasteiger partial charge in [-0.05, 0) is 125 Å². The molecule has 8 aromatic rings. The largest absolute Gasteiger partial charge is 0.496 e.